The van der Waals surface area contributed by atoms with Crippen LogP contribution in [-0.2, 0) is 0 Å². The number of aromatic nitrogens is 2. The van der Waals surface area contributed by atoms with E-state index in [0.29, 0.717) is 12.6 Å². The minimum absolute atomic E-state index is 0.372. The summed E-state index contributed by atoms with van der Waals surface area (Å²) in [5.74, 6) is 1.19. The first-order valence-electron chi connectivity index (χ1n) is 7.96. The fourth-order valence-corrected chi connectivity index (χ4v) is 2.42. The summed E-state index contributed by atoms with van der Waals surface area (Å²) >= 11 is 0. The van der Waals surface area contributed by atoms with Crippen molar-refractivity contribution >= 4 is 17.9 Å². The zero-order chi connectivity index (χ0) is 16.8. The molecule has 0 fully saturated rings. The van der Waals surface area contributed by atoms with Gasteiger partial charge >= 0.3 is 0 Å². The SMILES string of the molecule is CCOc1cc(N(CC)CC)ccc1C=Nn1cc(C)nc1N. The van der Waals surface area contributed by atoms with Gasteiger partial charge in [-0.2, -0.15) is 5.10 Å². The Morgan fingerprint density at radius 1 is 1.30 bits per heavy atom. The van der Waals surface area contributed by atoms with Gasteiger partial charge in [-0.25, -0.2) is 9.66 Å². The molecule has 0 spiro atoms. The molecule has 0 atom stereocenters. The average molecular weight is 315 g/mol. The third-order valence-electron chi connectivity index (χ3n) is 3.58. The summed E-state index contributed by atoms with van der Waals surface area (Å²) in [5, 5.41) is 4.37. The lowest BCUT2D eigenvalue weighted by Gasteiger charge is -2.22. The van der Waals surface area contributed by atoms with Crippen LogP contribution in [-0.4, -0.2) is 35.6 Å². The van der Waals surface area contributed by atoms with Gasteiger partial charge in [0.15, 0.2) is 0 Å². The van der Waals surface area contributed by atoms with Gasteiger partial charge in [-0.15, -0.1) is 0 Å². The highest BCUT2D eigenvalue weighted by atomic mass is 16.5. The van der Waals surface area contributed by atoms with E-state index in [-0.39, 0.29) is 0 Å². The molecule has 0 aliphatic rings. The first-order valence-corrected chi connectivity index (χ1v) is 7.96. The highest BCUT2D eigenvalue weighted by molar-refractivity contribution is 5.84. The van der Waals surface area contributed by atoms with Crippen LogP contribution in [0.5, 0.6) is 5.75 Å². The van der Waals surface area contributed by atoms with E-state index in [0.717, 1.165) is 35.8 Å². The number of benzene rings is 1. The molecule has 2 rings (SSSR count). The highest BCUT2D eigenvalue weighted by Crippen LogP contribution is 2.25. The van der Waals surface area contributed by atoms with Crippen LogP contribution in [0.15, 0.2) is 29.5 Å². The van der Waals surface area contributed by atoms with Gasteiger partial charge in [-0.1, -0.05) is 0 Å². The van der Waals surface area contributed by atoms with Gasteiger partial charge < -0.3 is 15.4 Å². The van der Waals surface area contributed by atoms with Crippen LogP contribution in [0.25, 0.3) is 0 Å². The maximum atomic E-state index is 5.80. The number of aryl methyl sites for hydroxylation is 1. The van der Waals surface area contributed by atoms with Crippen molar-refractivity contribution in [2.45, 2.75) is 27.7 Å². The number of nitrogen functional groups attached to an aromatic ring is 1. The van der Waals surface area contributed by atoms with E-state index < -0.39 is 0 Å². The summed E-state index contributed by atoms with van der Waals surface area (Å²) in [5.41, 5.74) is 8.69. The van der Waals surface area contributed by atoms with Crippen LogP contribution >= 0.6 is 0 Å². The van der Waals surface area contributed by atoms with Gasteiger partial charge in [0.1, 0.15) is 5.75 Å². The predicted molar refractivity (Wildman–Crippen MR) is 95.5 cm³/mol. The first kappa shape index (κ1) is 16.9. The Morgan fingerprint density at radius 2 is 2.04 bits per heavy atom. The Morgan fingerprint density at radius 3 is 2.61 bits per heavy atom. The van der Waals surface area contributed by atoms with Crippen molar-refractivity contribution in [2.24, 2.45) is 5.10 Å². The Bertz CT molecular complexity index is 674. The van der Waals surface area contributed by atoms with Gasteiger partial charge in [0, 0.05) is 30.4 Å². The Labute approximate surface area is 137 Å². The molecule has 6 nitrogen and oxygen atoms in total. The third kappa shape index (κ3) is 4.03. The zero-order valence-corrected chi connectivity index (χ0v) is 14.3. The zero-order valence-electron chi connectivity index (χ0n) is 14.3. The Kier molecular flexibility index (Phi) is 5.62. The van der Waals surface area contributed by atoms with Gasteiger partial charge in [-0.05, 0) is 39.8 Å². The molecule has 2 aromatic rings. The minimum Gasteiger partial charge on any atom is -0.493 e. The largest absolute Gasteiger partial charge is 0.493 e. The molecule has 0 aliphatic carbocycles. The lowest BCUT2D eigenvalue weighted by molar-refractivity contribution is 0.340. The van der Waals surface area contributed by atoms with Crippen molar-refractivity contribution < 1.29 is 4.74 Å². The van der Waals surface area contributed by atoms with Crippen molar-refractivity contribution in [3.63, 3.8) is 0 Å². The molecule has 0 amide bonds. The molecule has 1 heterocycles. The Balaban J connectivity index is 2.32. The molecule has 1 aromatic carbocycles. The predicted octanol–water partition coefficient (Wildman–Crippen LogP) is 2.90. The molecule has 23 heavy (non-hydrogen) atoms. The molecule has 2 N–H and O–H groups in total. The van der Waals surface area contributed by atoms with Crippen molar-refractivity contribution in [1.82, 2.24) is 9.66 Å². The summed E-state index contributed by atoms with van der Waals surface area (Å²) in [4.78, 5) is 6.41. The lowest BCUT2D eigenvalue weighted by Crippen LogP contribution is -2.21. The molecular weight excluding hydrogens is 290 g/mol. The van der Waals surface area contributed by atoms with Crippen LogP contribution < -0.4 is 15.4 Å². The van der Waals surface area contributed by atoms with Crippen molar-refractivity contribution in [3.8, 4) is 5.75 Å². The number of rotatable bonds is 7. The number of hydrogen-bond acceptors (Lipinski definition) is 5. The summed E-state index contributed by atoms with van der Waals surface area (Å²) in [6.07, 6.45) is 3.53. The highest BCUT2D eigenvalue weighted by Gasteiger charge is 2.08. The first-order chi connectivity index (χ1) is 11.1. The monoisotopic (exact) mass is 315 g/mol. The van der Waals surface area contributed by atoms with Crippen molar-refractivity contribution in [1.29, 1.82) is 0 Å². The van der Waals surface area contributed by atoms with Crippen LogP contribution in [0.4, 0.5) is 11.6 Å². The van der Waals surface area contributed by atoms with Gasteiger partial charge in [0.25, 0.3) is 0 Å². The van der Waals surface area contributed by atoms with Crippen LogP contribution in [0, 0.1) is 6.92 Å². The molecule has 0 unspecified atom stereocenters. The van der Waals surface area contributed by atoms with E-state index in [1.165, 1.54) is 0 Å². The topological polar surface area (TPSA) is 68.7 Å². The molecule has 124 valence electrons. The molecule has 0 radical (unpaired) electrons. The average Bonchev–Trinajstić information content (AvgIpc) is 2.86. The van der Waals surface area contributed by atoms with Crippen molar-refractivity contribution in [3.05, 3.63) is 35.7 Å². The number of anilines is 2. The molecule has 0 saturated carbocycles. The number of nitrogens with two attached hydrogens (primary N) is 1. The second kappa shape index (κ2) is 7.67. The standard InChI is InChI=1S/C17H25N5O/c1-5-21(6-2)15-9-8-14(16(10-15)23-7-3)11-19-22-12-13(4)20-17(22)18/h8-12H,5-7H2,1-4H3,(H2,18,20). The van der Waals surface area contributed by atoms with Crippen LogP contribution in [0.3, 0.4) is 0 Å². The third-order valence-corrected chi connectivity index (χ3v) is 3.58. The fraction of sp³-hybridized carbons (Fsp3) is 0.412. The van der Waals surface area contributed by atoms with E-state index in [2.05, 4.69) is 41.0 Å². The van der Waals surface area contributed by atoms with E-state index in [4.69, 9.17) is 10.5 Å². The number of hydrogen-bond donors (Lipinski definition) is 1. The number of nitrogens with zero attached hydrogens (tertiary/aromatic N) is 4. The maximum Gasteiger partial charge on any atom is 0.221 e. The van der Waals surface area contributed by atoms with E-state index in [1.54, 1.807) is 17.1 Å². The van der Waals surface area contributed by atoms with Crippen LogP contribution in [0.2, 0.25) is 0 Å². The van der Waals surface area contributed by atoms with Crippen LogP contribution in [0.1, 0.15) is 32.0 Å². The van der Waals surface area contributed by atoms with E-state index in [1.807, 2.05) is 19.9 Å². The summed E-state index contributed by atoms with van der Waals surface area (Å²) < 4.78 is 7.33. The smallest absolute Gasteiger partial charge is 0.221 e. The van der Waals surface area contributed by atoms with Gasteiger partial charge in [0.05, 0.1) is 24.7 Å². The quantitative estimate of drug-likeness (QED) is 0.798. The van der Waals surface area contributed by atoms with E-state index >= 15 is 0 Å². The van der Waals surface area contributed by atoms with Crippen molar-refractivity contribution in [2.75, 3.05) is 30.3 Å². The molecule has 1 aromatic heterocycles. The normalized spacial score (nSPS) is 11.1. The molecule has 0 aliphatic heterocycles. The minimum atomic E-state index is 0.372. The molecular formula is C17H25N5O. The second-order valence-electron chi connectivity index (χ2n) is 5.16. The fourth-order valence-electron chi connectivity index (χ4n) is 2.42. The number of imidazole rings is 1. The lowest BCUT2D eigenvalue weighted by atomic mass is 10.2. The van der Waals surface area contributed by atoms with Gasteiger partial charge in [-0.3, -0.25) is 0 Å². The second-order valence-corrected chi connectivity index (χ2v) is 5.16. The molecule has 6 heteroatoms. The summed E-state index contributed by atoms with van der Waals surface area (Å²) in [7, 11) is 0. The Hall–Kier alpha value is -2.50. The maximum absolute atomic E-state index is 5.80. The van der Waals surface area contributed by atoms with Gasteiger partial charge in [0.2, 0.25) is 5.95 Å². The molecule has 0 saturated heterocycles. The summed E-state index contributed by atoms with van der Waals surface area (Å²) in [6, 6.07) is 6.15. The summed E-state index contributed by atoms with van der Waals surface area (Å²) in [6.45, 7) is 10.7. The van der Waals surface area contributed by atoms with E-state index in [9.17, 15) is 0 Å². The number of ether oxygens (including phenoxy) is 1. The molecule has 0 bridgehead atoms.